The minimum absolute atomic E-state index is 0.0326. The van der Waals surface area contributed by atoms with E-state index < -0.39 is 0 Å². The van der Waals surface area contributed by atoms with Gasteiger partial charge in [-0.25, -0.2) is 0 Å². The van der Waals surface area contributed by atoms with E-state index in [1.165, 1.54) is 0 Å². The Kier molecular flexibility index (Phi) is 7.76. The monoisotopic (exact) mass is 346 g/mol. The average Bonchev–Trinajstić information content (AvgIpc) is 2.66. The summed E-state index contributed by atoms with van der Waals surface area (Å²) in [7, 11) is 0. The van der Waals surface area contributed by atoms with Gasteiger partial charge >= 0.3 is 0 Å². The second-order valence-corrected chi connectivity index (χ2v) is 6.59. The Balaban J connectivity index is 1.68. The number of nitrogens with zero attached hydrogens (tertiary/aromatic N) is 1. The van der Waals surface area contributed by atoms with Gasteiger partial charge in [0, 0.05) is 25.0 Å². The fourth-order valence-corrected chi connectivity index (χ4v) is 3.13. The zero-order valence-electron chi connectivity index (χ0n) is 15.4. The number of amides is 2. The lowest BCUT2D eigenvalue weighted by Crippen LogP contribution is -2.45. The number of carbonyl (C=O) groups is 2. The second kappa shape index (κ2) is 10.1. The average molecular weight is 346 g/mol. The van der Waals surface area contributed by atoms with Crippen LogP contribution in [0.4, 0.5) is 0 Å². The third-order valence-corrected chi connectivity index (χ3v) is 4.88. The number of rotatable bonds is 8. The first-order valence-electron chi connectivity index (χ1n) is 9.40. The number of hydrogen-bond donors (Lipinski definition) is 1. The van der Waals surface area contributed by atoms with Crippen molar-refractivity contribution < 1.29 is 14.3 Å². The molecule has 0 saturated carbocycles. The van der Waals surface area contributed by atoms with Crippen LogP contribution in [-0.4, -0.2) is 42.5 Å². The maximum atomic E-state index is 12.3. The third-order valence-electron chi connectivity index (χ3n) is 4.88. The van der Waals surface area contributed by atoms with E-state index in [1.807, 2.05) is 35.2 Å². The highest BCUT2D eigenvalue weighted by atomic mass is 16.5. The number of benzene rings is 1. The standard InChI is InChI=1S/C20H30N2O3/c1-3-17(4-2)21-20(24)16-10-13-22(14-11-16)19(23)12-15-25-18-8-6-5-7-9-18/h5-9,16-17H,3-4,10-15H2,1-2H3,(H,21,24). The Labute approximate surface area is 150 Å². The van der Waals surface area contributed by atoms with E-state index in [0.717, 1.165) is 31.4 Å². The normalized spacial score (nSPS) is 15.2. The quantitative estimate of drug-likeness (QED) is 0.787. The summed E-state index contributed by atoms with van der Waals surface area (Å²) in [6, 6.07) is 9.79. The summed E-state index contributed by atoms with van der Waals surface area (Å²) in [5, 5.41) is 3.12. The number of piperidine rings is 1. The van der Waals surface area contributed by atoms with Crippen LogP contribution in [0.15, 0.2) is 30.3 Å². The van der Waals surface area contributed by atoms with Crippen LogP contribution in [0.2, 0.25) is 0 Å². The van der Waals surface area contributed by atoms with Gasteiger partial charge in [0.25, 0.3) is 0 Å². The van der Waals surface area contributed by atoms with Crippen LogP contribution >= 0.6 is 0 Å². The Bertz CT molecular complexity index is 535. The number of carbonyl (C=O) groups excluding carboxylic acids is 2. The van der Waals surface area contributed by atoms with Crippen molar-refractivity contribution in [3.05, 3.63) is 30.3 Å². The number of likely N-dealkylation sites (tertiary alicyclic amines) is 1. The summed E-state index contributed by atoms with van der Waals surface area (Å²) >= 11 is 0. The first-order valence-corrected chi connectivity index (χ1v) is 9.40. The lowest BCUT2D eigenvalue weighted by molar-refractivity contribution is -0.136. The summed E-state index contributed by atoms with van der Waals surface area (Å²) in [6.07, 6.45) is 3.79. The van der Waals surface area contributed by atoms with Gasteiger partial charge in [0.1, 0.15) is 5.75 Å². The minimum atomic E-state index is 0.0326. The third kappa shape index (κ3) is 6.07. The SMILES string of the molecule is CCC(CC)NC(=O)C1CCN(C(=O)CCOc2ccccc2)CC1. The number of nitrogens with one attached hydrogen (secondary N) is 1. The smallest absolute Gasteiger partial charge is 0.225 e. The Hall–Kier alpha value is -2.04. The van der Waals surface area contributed by atoms with Crippen molar-refractivity contribution in [2.75, 3.05) is 19.7 Å². The maximum Gasteiger partial charge on any atom is 0.225 e. The van der Waals surface area contributed by atoms with Crippen molar-refractivity contribution >= 4 is 11.8 Å². The topological polar surface area (TPSA) is 58.6 Å². The molecule has 5 nitrogen and oxygen atoms in total. The molecule has 2 rings (SSSR count). The Morgan fingerprint density at radius 1 is 1.16 bits per heavy atom. The molecular formula is C20H30N2O3. The highest BCUT2D eigenvalue weighted by molar-refractivity contribution is 5.80. The van der Waals surface area contributed by atoms with E-state index in [-0.39, 0.29) is 23.8 Å². The fourth-order valence-electron chi connectivity index (χ4n) is 3.13. The second-order valence-electron chi connectivity index (χ2n) is 6.59. The van der Waals surface area contributed by atoms with E-state index in [4.69, 9.17) is 4.74 Å². The molecule has 1 aromatic rings. The van der Waals surface area contributed by atoms with Crippen LogP contribution in [0.1, 0.15) is 46.0 Å². The number of ether oxygens (including phenoxy) is 1. The molecule has 0 aromatic heterocycles. The van der Waals surface area contributed by atoms with E-state index in [1.54, 1.807) is 0 Å². The summed E-state index contributed by atoms with van der Waals surface area (Å²) in [5.74, 6) is 1.07. The zero-order chi connectivity index (χ0) is 18.1. The highest BCUT2D eigenvalue weighted by Crippen LogP contribution is 2.19. The molecule has 0 atom stereocenters. The molecule has 1 saturated heterocycles. The van der Waals surface area contributed by atoms with Crippen LogP contribution in [-0.2, 0) is 9.59 Å². The molecule has 2 amide bonds. The van der Waals surface area contributed by atoms with Crippen LogP contribution < -0.4 is 10.1 Å². The Morgan fingerprint density at radius 3 is 2.40 bits per heavy atom. The van der Waals surface area contributed by atoms with Gasteiger partial charge in [0.2, 0.25) is 11.8 Å². The molecule has 1 fully saturated rings. The zero-order valence-corrected chi connectivity index (χ0v) is 15.4. The summed E-state index contributed by atoms with van der Waals surface area (Å²) in [6.45, 7) is 5.88. The van der Waals surface area contributed by atoms with Crippen molar-refractivity contribution in [3.63, 3.8) is 0 Å². The van der Waals surface area contributed by atoms with E-state index in [2.05, 4.69) is 19.2 Å². The molecule has 0 unspecified atom stereocenters. The largest absolute Gasteiger partial charge is 0.493 e. The lowest BCUT2D eigenvalue weighted by Gasteiger charge is -2.32. The van der Waals surface area contributed by atoms with Gasteiger partial charge in [-0.15, -0.1) is 0 Å². The molecule has 0 bridgehead atoms. The number of hydrogen-bond acceptors (Lipinski definition) is 3. The van der Waals surface area contributed by atoms with Crippen molar-refractivity contribution in [1.29, 1.82) is 0 Å². The molecule has 0 spiro atoms. The predicted molar refractivity (Wildman–Crippen MR) is 98.4 cm³/mol. The molecule has 1 heterocycles. The van der Waals surface area contributed by atoms with Gasteiger partial charge in [0.05, 0.1) is 13.0 Å². The van der Waals surface area contributed by atoms with Gasteiger partial charge < -0.3 is 15.0 Å². The summed E-state index contributed by atoms with van der Waals surface area (Å²) < 4.78 is 5.58. The predicted octanol–water partition coefficient (Wildman–Crippen LogP) is 3.00. The molecule has 1 aliphatic rings. The van der Waals surface area contributed by atoms with Crippen molar-refractivity contribution in [1.82, 2.24) is 10.2 Å². The van der Waals surface area contributed by atoms with Gasteiger partial charge in [-0.1, -0.05) is 32.0 Å². The Morgan fingerprint density at radius 2 is 1.80 bits per heavy atom. The fraction of sp³-hybridized carbons (Fsp3) is 0.600. The lowest BCUT2D eigenvalue weighted by atomic mass is 9.95. The van der Waals surface area contributed by atoms with E-state index in [0.29, 0.717) is 26.1 Å². The van der Waals surface area contributed by atoms with Crippen LogP contribution in [0.3, 0.4) is 0 Å². The van der Waals surface area contributed by atoms with Crippen LogP contribution in [0.25, 0.3) is 0 Å². The number of para-hydroxylation sites is 1. The van der Waals surface area contributed by atoms with E-state index in [9.17, 15) is 9.59 Å². The van der Waals surface area contributed by atoms with Crippen LogP contribution in [0.5, 0.6) is 5.75 Å². The molecular weight excluding hydrogens is 316 g/mol. The van der Waals surface area contributed by atoms with Crippen molar-refractivity contribution in [2.24, 2.45) is 5.92 Å². The first kappa shape index (κ1) is 19.3. The van der Waals surface area contributed by atoms with E-state index >= 15 is 0 Å². The minimum Gasteiger partial charge on any atom is -0.493 e. The summed E-state index contributed by atoms with van der Waals surface area (Å²) in [5.41, 5.74) is 0. The molecule has 1 aliphatic heterocycles. The van der Waals surface area contributed by atoms with Crippen LogP contribution in [0, 0.1) is 5.92 Å². The molecule has 5 heteroatoms. The van der Waals surface area contributed by atoms with Gasteiger partial charge in [-0.3, -0.25) is 9.59 Å². The molecule has 0 aliphatic carbocycles. The van der Waals surface area contributed by atoms with Crippen molar-refractivity contribution in [2.45, 2.75) is 52.0 Å². The van der Waals surface area contributed by atoms with Gasteiger partial charge in [-0.2, -0.15) is 0 Å². The molecule has 0 radical (unpaired) electrons. The van der Waals surface area contributed by atoms with Gasteiger partial charge in [0.15, 0.2) is 0 Å². The van der Waals surface area contributed by atoms with Gasteiger partial charge in [-0.05, 0) is 37.8 Å². The summed E-state index contributed by atoms with van der Waals surface area (Å²) in [4.78, 5) is 26.4. The molecule has 25 heavy (non-hydrogen) atoms. The molecule has 1 aromatic carbocycles. The molecule has 138 valence electrons. The van der Waals surface area contributed by atoms with Crippen molar-refractivity contribution in [3.8, 4) is 5.75 Å². The first-order chi connectivity index (χ1) is 12.1. The maximum absolute atomic E-state index is 12.3. The highest BCUT2D eigenvalue weighted by Gasteiger charge is 2.27. The molecule has 1 N–H and O–H groups in total.